The first-order valence-electron chi connectivity index (χ1n) is 6.72. The SMILES string of the molecule is Cc1cc(C=O)cc(OCCCC(=O)OC(C)(C)C)c1. The van der Waals surface area contributed by atoms with Crippen molar-refractivity contribution in [2.24, 2.45) is 0 Å². The average molecular weight is 278 g/mol. The normalized spacial score (nSPS) is 11.0. The number of aryl methyl sites for hydroxylation is 1. The van der Waals surface area contributed by atoms with E-state index in [1.165, 1.54) is 0 Å². The van der Waals surface area contributed by atoms with Gasteiger partial charge in [-0.25, -0.2) is 0 Å². The summed E-state index contributed by atoms with van der Waals surface area (Å²) in [5.74, 6) is 0.426. The van der Waals surface area contributed by atoms with Crippen molar-refractivity contribution in [1.82, 2.24) is 0 Å². The predicted molar refractivity (Wildman–Crippen MR) is 77.1 cm³/mol. The third kappa shape index (κ3) is 6.36. The third-order valence-electron chi connectivity index (χ3n) is 2.42. The molecule has 1 aromatic rings. The van der Waals surface area contributed by atoms with Crippen LogP contribution in [0.3, 0.4) is 0 Å². The Morgan fingerprint density at radius 3 is 2.55 bits per heavy atom. The van der Waals surface area contributed by atoms with E-state index >= 15 is 0 Å². The zero-order valence-electron chi connectivity index (χ0n) is 12.6. The minimum absolute atomic E-state index is 0.223. The minimum Gasteiger partial charge on any atom is -0.494 e. The molecule has 20 heavy (non-hydrogen) atoms. The van der Waals surface area contributed by atoms with Crippen molar-refractivity contribution in [3.05, 3.63) is 29.3 Å². The van der Waals surface area contributed by atoms with Gasteiger partial charge in [0.05, 0.1) is 6.61 Å². The van der Waals surface area contributed by atoms with E-state index in [-0.39, 0.29) is 5.97 Å². The molecule has 0 aliphatic rings. The summed E-state index contributed by atoms with van der Waals surface area (Å²) in [4.78, 5) is 22.2. The van der Waals surface area contributed by atoms with Gasteiger partial charge in [0.2, 0.25) is 0 Å². The van der Waals surface area contributed by atoms with Gasteiger partial charge in [-0.3, -0.25) is 9.59 Å². The molecule has 0 spiro atoms. The van der Waals surface area contributed by atoms with Crippen molar-refractivity contribution in [2.45, 2.75) is 46.1 Å². The van der Waals surface area contributed by atoms with Crippen molar-refractivity contribution < 1.29 is 19.1 Å². The Kier molecular flexibility index (Phi) is 5.74. The lowest BCUT2D eigenvalue weighted by molar-refractivity contribution is -0.155. The van der Waals surface area contributed by atoms with E-state index in [0.29, 0.717) is 30.8 Å². The third-order valence-corrected chi connectivity index (χ3v) is 2.42. The molecule has 0 heterocycles. The first kappa shape index (κ1) is 16.2. The fourth-order valence-electron chi connectivity index (χ4n) is 1.73. The summed E-state index contributed by atoms with van der Waals surface area (Å²) in [6, 6.07) is 5.34. The van der Waals surface area contributed by atoms with Crippen LogP contribution < -0.4 is 4.74 Å². The Morgan fingerprint density at radius 1 is 1.25 bits per heavy atom. The van der Waals surface area contributed by atoms with Crippen LogP contribution in [0.4, 0.5) is 0 Å². The highest BCUT2D eigenvalue weighted by molar-refractivity contribution is 5.76. The monoisotopic (exact) mass is 278 g/mol. The molecule has 0 bridgehead atoms. The lowest BCUT2D eigenvalue weighted by Crippen LogP contribution is -2.23. The highest BCUT2D eigenvalue weighted by Gasteiger charge is 2.15. The Balaban J connectivity index is 2.36. The molecule has 0 radical (unpaired) electrons. The molecule has 4 nitrogen and oxygen atoms in total. The molecule has 110 valence electrons. The van der Waals surface area contributed by atoms with Crippen molar-refractivity contribution >= 4 is 12.3 Å². The fraction of sp³-hybridized carbons (Fsp3) is 0.500. The van der Waals surface area contributed by atoms with Gasteiger partial charge in [-0.05, 0) is 57.9 Å². The van der Waals surface area contributed by atoms with Gasteiger partial charge >= 0.3 is 5.97 Å². The predicted octanol–water partition coefficient (Wildman–Crippen LogP) is 3.31. The Labute approximate surface area is 120 Å². The van der Waals surface area contributed by atoms with Crippen LogP contribution in [0.25, 0.3) is 0 Å². The van der Waals surface area contributed by atoms with Crippen LogP contribution in [0.5, 0.6) is 5.75 Å². The second kappa shape index (κ2) is 7.08. The smallest absolute Gasteiger partial charge is 0.306 e. The average Bonchev–Trinajstić information content (AvgIpc) is 2.32. The largest absolute Gasteiger partial charge is 0.494 e. The quantitative estimate of drug-likeness (QED) is 0.455. The molecule has 0 aliphatic heterocycles. The summed E-state index contributed by atoms with van der Waals surface area (Å²) < 4.78 is 10.7. The zero-order valence-corrected chi connectivity index (χ0v) is 12.6. The number of esters is 1. The van der Waals surface area contributed by atoms with Crippen LogP contribution in [-0.4, -0.2) is 24.5 Å². The van der Waals surface area contributed by atoms with E-state index in [1.807, 2.05) is 33.8 Å². The van der Waals surface area contributed by atoms with Gasteiger partial charge < -0.3 is 9.47 Å². The summed E-state index contributed by atoms with van der Waals surface area (Å²) in [6.45, 7) is 7.85. The van der Waals surface area contributed by atoms with E-state index in [0.717, 1.165) is 11.8 Å². The molecule has 0 atom stereocenters. The summed E-state index contributed by atoms with van der Waals surface area (Å²) in [6.07, 6.45) is 1.70. The number of hydrogen-bond acceptors (Lipinski definition) is 4. The van der Waals surface area contributed by atoms with Crippen LogP contribution in [0.1, 0.15) is 49.5 Å². The van der Waals surface area contributed by atoms with Gasteiger partial charge in [-0.2, -0.15) is 0 Å². The van der Waals surface area contributed by atoms with Crippen molar-refractivity contribution in [2.75, 3.05) is 6.61 Å². The first-order chi connectivity index (χ1) is 9.30. The molecule has 0 saturated heterocycles. The highest BCUT2D eigenvalue weighted by atomic mass is 16.6. The maximum absolute atomic E-state index is 11.5. The molecule has 1 rings (SSSR count). The highest BCUT2D eigenvalue weighted by Crippen LogP contribution is 2.16. The summed E-state index contributed by atoms with van der Waals surface area (Å²) in [5.41, 5.74) is 1.11. The second-order valence-corrected chi connectivity index (χ2v) is 5.74. The number of aldehydes is 1. The number of rotatable bonds is 6. The van der Waals surface area contributed by atoms with Gasteiger partial charge in [-0.1, -0.05) is 0 Å². The van der Waals surface area contributed by atoms with E-state index in [9.17, 15) is 9.59 Å². The Morgan fingerprint density at radius 2 is 1.95 bits per heavy atom. The molecular formula is C16H22O4. The topological polar surface area (TPSA) is 52.6 Å². The van der Waals surface area contributed by atoms with Gasteiger partial charge in [0, 0.05) is 12.0 Å². The van der Waals surface area contributed by atoms with Gasteiger partial charge in [0.15, 0.2) is 0 Å². The van der Waals surface area contributed by atoms with Crippen molar-refractivity contribution in [3.8, 4) is 5.75 Å². The fourth-order valence-corrected chi connectivity index (χ4v) is 1.73. The molecule has 0 fully saturated rings. The van der Waals surface area contributed by atoms with E-state index in [4.69, 9.17) is 9.47 Å². The second-order valence-electron chi connectivity index (χ2n) is 5.74. The summed E-state index contributed by atoms with van der Waals surface area (Å²) >= 11 is 0. The van der Waals surface area contributed by atoms with Crippen molar-refractivity contribution in [3.63, 3.8) is 0 Å². The van der Waals surface area contributed by atoms with Gasteiger partial charge in [0.1, 0.15) is 17.6 Å². The van der Waals surface area contributed by atoms with E-state index < -0.39 is 5.60 Å². The van der Waals surface area contributed by atoms with Gasteiger partial charge in [0.25, 0.3) is 0 Å². The summed E-state index contributed by atoms with van der Waals surface area (Å²) in [7, 11) is 0. The Hall–Kier alpha value is -1.84. The maximum atomic E-state index is 11.5. The number of benzene rings is 1. The molecule has 0 aromatic heterocycles. The van der Waals surface area contributed by atoms with E-state index in [1.54, 1.807) is 12.1 Å². The van der Waals surface area contributed by atoms with Crippen molar-refractivity contribution in [1.29, 1.82) is 0 Å². The molecule has 0 amide bonds. The maximum Gasteiger partial charge on any atom is 0.306 e. The van der Waals surface area contributed by atoms with E-state index in [2.05, 4.69) is 0 Å². The van der Waals surface area contributed by atoms with Gasteiger partial charge in [-0.15, -0.1) is 0 Å². The Bertz CT molecular complexity index is 472. The van der Waals surface area contributed by atoms with Crippen LogP contribution >= 0.6 is 0 Å². The molecule has 0 saturated carbocycles. The van der Waals surface area contributed by atoms with Crippen LogP contribution in [0, 0.1) is 6.92 Å². The minimum atomic E-state index is -0.451. The van der Waals surface area contributed by atoms with Crippen LogP contribution in [-0.2, 0) is 9.53 Å². The molecule has 0 aliphatic carbocycles. The molecule has 1 aromatic carbocycles. The number of ether oxygens (including phenoxy) is 2. The standard InChI is InChI=1S/C16H22O4/c1-12-8-13(11-17)10-14(9-12)19-7-5-6-15(18)20-16(2,3)4/h8-11H,5-7H2,1-4H3. The number of hydrogen-bond donors (Lipinski definition) is 0. The lowest BCUT2D eigenvalue weighted by Gasteiger charge is -2.19. The number of carbonyl (C=O) groups excluding carboxylic acids is 2. The molecular weight excluding hydrogens is 256 g/mol. The number of carbonyl (C=O) groups is 2. The summed E-state index contributed by atoms with van der Waals surface area (Å²) in [5, 5.41) is 0. The molecule has 4 heteroatoms. The molecule has 0 N–H and O–H groups in total. The van der Waals surface area contributed by atoms with Crippen LogP contribution in [0.2, 0.25) is 0 Å². The first-order valence-corrected chi connectivity index (χ1v) is 6.72. The van der Waals surface area contributed by atoms with Crippen LogP contribution in [0.15, 0.2) is 18.2 Å². The lowest BCUT2D eigenvalue weighted by atomic mass is 10.1. The molecule has 0 unspecified atom stereocenters. The zero-order chi connectivity index (χ0) is 15.2.